The number of nitrogens with one attached hydrogen (secondary N) is 1. The molecule has 122 valence electrons. The Morgan fingerprint density at radius 3 is 2.50 bits per heavy atom. The highest BCUT2D eigenvalue weighted by Gasteiger charge is 2.43. The van der Waals surface area contributed by atoms with Crippen molar-refractivity contribution in [1.29, 1.82) is 0 Å². The van der Waals surface area contributed by atoms with Crippen molar-refractivity contribution in [2.24, 2.45) is 5.73 Å². The first kappa shape index (κ1) is 16.4. The minimum Gasteiger partial charge on any atom is -0.503 e. The number of phenols is 1. The summed E-state index contributed by atoms with van der Waals surface area (Å²) in [6.45, 7) is 5.85. The van der Waals surface area contributed by atoms with Crippen LogP contribution in [0, 0.1) is 0 Å². The Hall–Kier alpha value is -1.95. The van der Waals surface area contributed by atoms with Gasteiger partial charge in [0.05, 0.1) is 12.8 Å². The molecule has 22 heavy (non-hydrogen) atoms. The molecule has 0 heterocycles. The van der Waals surface area contributed by atoms with E-state index in [9.17, 15) is 9.90 Å². The van der Waals surface area contributed by atoms with Gasteiger partial charge in [0, 0.05) is 12.0 Å². The van der Waals surface area contributed by atoms with Crippen LogP contribution in [0.15, 0.2) is 12.1 Å². The quantitative estimate of drug-likeness (QED) is 0.744. The average Bonchev–Trinajstić information content (AvgIpc) is 3.20. The maximum absolute atomic E-state index is 11.9. The molecule has 1 aliphatic rings. The number of aromatic hydroxyl groups is 1. The maximum atomic E-state index is 11.9. The summed E-state index contributed by atoms with van der Waals surface area (Å²) in [7, 11) is 1.47. The van der Waals surface area contributed by atoms with Crippen LogP contribution in [0.4, 0.5) is 10.5 Å². The lowest BCUT2D eigenvalue weighted by Crippen LogP contribution is -2.27. The van der Waals surface area contributed by atoms with Crippen molar-refractivity contribution in [3.63, 3.8) is 0 Å². The smallest absolute Gasteiger partial charge is 0.412 e. The second-order valence-corrected chi connectivity index (χ2v) is 6.69. The molecule has 1 aromatic carbocycles. The molecule has 1 saturated carbocycles. The summed E-state index contributed by atoms with van der Waals surface area (Å²) >= 11 is 0. The monoisotopic (exact) mass is 308 g/mol. The van der Waals surface area contributed by atoms with Gasteiger partial charge in [-0.1, -0.05) is 0 Å². The summed E-state index contributed by atoms with van der Waals surface area (Å²) < 4.78 is 10.4. The zero-order valence-electron chi connectivity index (χ0n) is 13.5. The van der Waals surface area contributed by atoms with E-state index in [4.69, 9.17) is 15.2 Å². The molecule has 1 aliphatic carbocycles. The fourth-order valence-corrected chi connectivity index (χ4v) is 2.34. The Balaban J connectivity index is 2.30. The number of phenolic OH excluding ortho intramolecular Hbond substituents is 1. The van der Waals surface area contributed by atoms with Crippen molar-refractivity contribution in [3.05, 3.63) is 17.7 Å². The number of rotatable bonds is 4. The van der Waals surface area contributed by atoms with Crippen LogP contribution in [0.25, 0.3) is 0 Å². The lowest BCUT2D eigenvalue weighted by molar-refractivity contribution is 0.0635. The van der Waals surface area contributed by atoms with Crippen LogP contribution in [0.2, 0.25) is 0 Å². The number of hydrogen-bond donors (Lipinski definition) is 3. The third-order valence-electron chi connectivity index (χ3n) is 3.79. The van der Waals surface area contributed by atoms with E-state index in [1.807, 2.05) is 0 Å². The van der Waals surface area contributed by atoms with E-state index in [2.05, 4.69) is 5.32 Å². The molecule has 0 saturated heterocycles. The topological polar surface area (TPSA) is 93.8 Å². The van der Waals surface area contributed by atoms with Gasteiger partial charge < -0.3 is 20.3 Å². The number of anilines is 1. The summed E-state index contributed by atoms with van der Waals surface area (Å²) in [4.78, 5) is 11.9. The molecule has 0 bridgehead atoms. The van der Waals surface area contributed by atoms with Gasteiger partial charge in [0.15, 0.2) is 11.5 Å². The third-order valence-corrected chi connectivity index (χ3v) is 3.79. The molecular formula is C16H24N2O4. The SMILES string of the molecule is COc1cc(C2(CN)CC2)cc(NC(=O)OC(C)(C)C)c1O. The number of nitrogens with two attached hydrogens (primary N) is 1. The molecule has 6 heteroatoms. The van der Waals surface area contributed by atoms with Crippen LogP contribution in [-0.2, 0) is 10.2 Å². The van der Waals surface area contributed by atoms with Gasteiger partial charge in [-0.3, -0.25) is 5.32 Å². The van der Waals surface area contributed by atoms with E-state index in [1.54, 1.807) is 32.9 Å². The predicted molar refractivity (Wildman–Crippen MR) is 84.5 cm³/mol. The first-order chi connectivity index (χ1) is 10.2. The van der Waals surface area contributed by atoms with Crippen LogP contribution in [-0.4, -0.2) is 30.5 Å². The van der Waals surface area contributed by atoms with Gasteiger partial charge in [0.1, 0.15) is 5.60 Å². The van der Waals surface area contributed by atoms with Crippen molar-refractivity contribution in [2.75, 3.05) is 19.0 Å². The van der Waals surface area contributed by atoms with E-state index in [0.29, 0.717) is 12.3 Å². The molecule has 1 aromatic rings. The van der Waals surface area contributed by atoms with Crippen LogP contribution < -0.4 is 15.8 Å². The molecule has 1 fully saturated rings. The van der Waals surface area contributed by atoms with E-state index in [-0.39, 0.29) is 16.9 Å². The highest BCUT2D eigenvalue weighted by Crippen LogP contribution is 2.50. The van der Waals surface area contributed by atoms with E-state index >= 15 is 0 Å². The van der Waals surface area contributed by atoms with Crippen LogP contribution >= 0.6 is 0 Å². The number of carbonyl (C=O) groups excluding carboxylic acids is 1. The highest BCUT2D eigenvalue weighted by atomic mass is 16.6. The van der Waals surface area contributed by atoms with E-state index in [0.717, 1.165) is 18.4 Å². The summed E-state index contributed by atoms with van der Waals surface area (Å²) in [6.07, 6.45) is 1.35. The average molecular weight is 308 g/mol. The summed E-state index contributed by atoms with van der Waals surface area (Å²) in [6, 6.07) is 3.51. The first-order valence-electron chi connectivity index (χ1n) is 7.32. The Labute approximate surface area is 130 Å². The van der Waals surface area contributed by atoms with Crippen molar-refractivity contribution in [3.8, 4) is 11.5 Å². The summed E-state index contributed by atoms with van der Waals surface area (Å²) in [5.41, 5.74) is 6.38. The normalized spacial score (nSPS) is 16.0. The molecule has 0 radical (unpaired) electrons. The Bertz CT molecular complexity index is 574. The van der Waals surface area contributed by atoms with Gasteiger partial charge in [0.2, 0.25) is 0 Å². The molecule has 6 nitrogen and oxygen atoms in total. The molecule has 0 aromatic heterocycles. The second-order valence-electron chi connectivity index (χ2n) is 6.69. The Morgan fingerprint density at radius 1 is 1.41 bits per heavy atom. The Morgan fingerprint density at radius 2 is 2.05 bits per heavy atom. The minimum atomic E-state index is -0.625. The standard InChI is InChI=1S/C16H24N2O4/c1-15(2,3)22-14(20)18-11-7-10(16(9-17)5-6-16)8-12(21-4)13(11)19/h7-8,19H,5-6,9,17H2,1-4H3,(H,18,20). The van der Waals surface area contributed by atoms with Crippen LogP contribution in [0.5, 0.6) is 11.5 Å². The molecule has 0 atom stereocenters. The molecular weight excluding hydrogens is 284 g/mol. The molecule has 4 N–H and O–H groups in total. The van der Waals surface area contributed by atoms with E-state index < -0.39 is 11.7 Å². The van der Waals surface area contributed by atoms with Gasteiger partial charge in [-0.15, -0.1) is 0 Å². The largest absolute Gasteiger partial charge is 0.503 e. The molecule has 0 aliphatic heterocycles. The molecule has 1 amide bonds. The van der Waals surface area contributed by atoms with E-state index in [1.165, 1.54) is 7.11 Å². The lowest BCUT2D eigenvalue weighted by atomic mass is 9.95. The highest BCUT2D eigenvalue weighted by molar-refractivity contribution is 5.88. The minimum absolute atomic E-state index is 0.0780. The summed E-state index contributed by atoms with van der Waals surface area (Å²) in [5.74, 6) is 0.188. The number of amides is 1. The van der Waals surface area contributed by atoms with Gasteiger partial charge in [0.25, 0.3) is 0 Å². The van der Waals surface area contributed by atoms with Gasteiger partial charge >= 0.3 is 6.09 Å². The second kappa shape index (κ2) is 5.68. The fraction of sp³-hybridized carbons (Fsp3) is 0.562. The van der Waals surface area contributed by atoms with Crippen molar-refractivity contribution in [2.45, 2.75) is 44.6 Å². The van der Waals surface area contributed by atoms with Crippen molar-refractivity contribution < 1.29 is 19.4 Å². The van der Waals surface area contributed by atoms with Crippen LogP contribution in [0.1, 0.15) is 39.2 Å². The first-order valence-corrected chi connectivity index (χ1v) is 7.32. The van der Waals surface area contributed by atoms with Crippen molar-refractivity contribution in [1.82, 2.24) is 0 Å². The van der Waals surface area contributed by atoms with Gasteiger partial charge in [-0.2, -0.15) is 0 Å². The van der Waals surface area contributed by atoms with Crippen LogP contribution in [0.3, 0.4) is 0 Å². The zero-order chi connectivity index (χ0) is 16.5. The fourth-order valence-electron chi connectivity index (χ4n) is 2.34. The van der Waals surface area contributed by atoms with Gasteiger partial charge in [-0.25, -0.2) is 4.79 Å². The number of carbonyl (C=O) groups is 1. The third kappa shape index (κ3) is 3.44. The lowest BCUT2D eigenvalue weighted by Gasteiger charge is -2.21. The van der Waals surface area contributed by atoms with Gasteiger partial charge in [-0.05, 0) is 51.3 Å². The molecule has 0 spiro atoms. The zero-order valence-corrected chi connectivity index (χ0v) is 13.5. The molecule has 0 unspecified atom stereocenters. The maximum Gasteiger partial charge on any atom is 0.412 e. The number of ether oxygens (including phenoxy) is 2. The predicted octanol–water partition coefficient (Wildman–Crippen LogP) is 2.74. The summed E-state index contributed by atoms with van der Waals surface area (Å²) in [5, 5.41) is 12.8. The molecule has 2 rings (SSSR count). The number of benzene rings is 1. The number of hydrogen-bond acceptors (Lipinski definition) is 5. The van der Waals surface area contributed by atoms with Crippen molar-refractivity contribution >= 4 is 11.8 Å². The Kier molecular flexibility index (Phi) is 4.24. The number of methoxy groups -OCH3 is 1.